The van der Waals surface area contributed by atoms with Crippen LogP contribution in [0.25, 0.3) is 10.9 Å². The van der Waals surface area contributed by atoms with Crippen LogP contribution < -0.4 is 5.32 Å². The van der Waals surface area contributed by atoms with Gasteiger partial charge in [-0.1, -0.05) is 48.0 Å². The Morgan fingerprint density at radius 3 is 2.80 bits per heavy atom. The van der Waals surface area contributed by atoms with Crippen molar-refractivity contribution in [3.8, 4) is 0 Å². The molecule has 0 aliphatic rings. The minimum absolute atomic E-state index is 0.220. The number of carbonyl (C=O) groups is 1. The normalized spacial score (nSPS) is 10.9. The fourth-order valence-corrected chi connectivity index (χ4v) is 2.90. The molecule has 0 saturated carbocycles. The van der Waals surface area contributed by atoms with Crippen molar-refractivity contribution in [1.82, 2.24) is 14.8 Å². The van der Waals surface area contributed by atoms with E-state index in [1.165, 1.54) is 0 Å². The van der Waals surface area contributed by atoms with Crippen LogP contribution in [0.3, 0.4) is 0 Å². The molecule has 0 atom stereocenters. The smallest absolute Gasteiger partial charge is 0.273 e. The van der Waals surface area contributed by atoms with Crippen molar-refractivity contribution >= 4 is 34.2 Å². The highest BCUT2D eigenvalue weighted by atomic mass is 35.5. The first-order chi connectivity index (χ1) is 12.2. The number of aromatic amines is 1. The summed E-state index contributed by atoms with van der Waals surface area (Å²) in [6.07, 6.45) is 1.67. The molecule has 5 nitrogen and oxygen atoms in total. The van der Waals surface area contributed by atoms with E-state index in [1.54, 1.807) is 35.1 Å². The van der Waals surface area contributed by atoms with Gasteiger partial charge in [-0.3, -0.25) is 4.79 Å². The Bertz CT molecular complexity index is 1040. The Morgan fingerprint density at radius 1 is 1.12 bits per heavy atom. The highest BCUT2D eigenvalue weighted by Gasteiger charge is 2.12. The second-order valence-electron chi connectivity index (χ2n) is 5.73. The molecule has 25 heavy (non-hydrogen) atoms. The molecule has 0 aliphatic carbocycles. The van der Waals surface area contributed by atoms with Gasteiger partial charge in [0.2, 0.25) is 0 Å². The van der Waals surface area contributed by atoms with E-state index in [9.17, 15) is 4.79 Å². The van der Waals surface area contributed by atoms with Crippen molar-refractivity contribution < 1.29 is 4.79 Å². The molecule has 4 aromatic rings. The Balaban J connectivity index is 1.55. The molecule has 0 aliphatic heterocycles. The third kappa shape index (κ3) is 3.27. The molecule has 2 N–H and O–H groups in total. The Morgan fingerprint density at radius 2 is 1.96 bits per heavy atom. The van der Waals surface area contributed by atoms with Crippen LogP contribution in [0.15, 0.2) is 66.9 Å². The number of carbonyl (C=O) groups excluding carboxylic acids is 1. The molecular formula is C19H15ClN4O. The monoisotopic (exact) mass is 350 g/mol. The molecule has 124 valence electrons. The van der Waals surface area contributed by atoms with Gasteiger partial charge in [-0.05, 0) is 23.8 Å². The van der Waals surface area contributed by atoms with Crippen LogP contribution >= 0.6 is 11.6 Å². The molecule has 2 aromatic carbocycles. The van der Waals surface area contributed by atoms with Gasteiger partial charge in [0.15, 0.2) is 0 Å². The Kier molecular flexibility index (Phi) is 3.99. The number of hydrogen-bond acceptors (Lipinski definition) is 2. The Labute approximate surface area is 149 Å². The summed E-state index contributed by atoms with van der Waals surface area (Å²) in [5.74, 6) is 0.424. The summed E-state index contributed by atoms with van der Waals surface area (Å²) in [6, 6.07) is 19.0. The fraction of sp³-hybridized carbons (Fsp3) is 0.0526. The van der Waals surface area contributed by atoms with E-state index < -0.39 is 0 Å². The number of rotatable bonds is 4. The van der Waals surface area contributed by atoms with Crippen LogP contribution in [0.5, 0.6) is 0 Å². The molecular weight excluding hydrogens is 336 g/mol. The number of benzene rings is 2. The van der Waals surface area contributed by atoms with Gasteiger partial charge in [0.1, 0.15) is 11.5 Å². The quantitative estimate of drug-likeness (QED) is 0.575. The van der Waals surface area contributed by atoms with Crippen LogP contribution in [0.4, 0.5) is 5.82 Å². The zero-order chi connectivity index (χ0) is 17.2. The highest BCUT2D eigenvalue weighted by molar-refractivity contribution is 6.31. The molecule has 1 amide bonds. The summed E-state index contributed by atoms with van der Waals surface area (Å²) in [5, 5.41) is 8.75. The molecule has 0 spiro atoms. The van der Waals surface area contributed by atoms with E-state index in [0.29, 0.717) is 23.1 Å². The Hall–Kier alpha value is -3.05. The molecule has 2 heterocycles. The maximum absolute atomic E-state index is 12.6. The standard InChI is InChI=1S/C19H15ClN4O/c20-15-7-6-14-10-17(22-16(14)11-15)19(25)23-18-8-9-21-24(18)12-13-4-2-1-3-5-13/h1-11,22H,12H2,(H,23,25). The average molecular weight is 351 g/mol. The lowest BCUT2D eigenvalue weighted by Crippen LogP contribution is -2.16. The third-order valence-electron chi connectivity index (χ3n) is 3.96. The van der Waals surface area contributed by atoms with Crippen LogP contribution in [0.2, 0.25) is 5.02 Å². The maximum Gasteiger partial charge on any atom is 0.273 e. The SMILES string of the molecule is O=C(Nc1ccnn1Cc1ccccc1)c1cc2ccc(Cl)cc2[nH]1. The zero-order valence-corrected chi connectivity index (χ0v) is 14.0. The number of fused-ring (bicyclic) bond motifs is 1. The number of hydrogen-bond donors (Lipinski definition) is 2. The van der Waals surface area contributed by atoms with Crippen molar-refractivity contribution in [2.24, 2.45) is 0 Å². The van der Waals surface area contributed by atoms with Crippen molar-refractivity contribution in [2.45, 2.75) is 6.54 Å². The predicted octanol–water partition coefficient (Wildman–Crippen LogP) is 4.32. The summed E-state index contributed by atoms with van der Waals surface area (Å²) in [7, 11) is 0. The molecule has 0 radical (unpaired) electrons. The summed E-state index contributed by atoms with van der Waals surface area (Å²) < 4.78 is 1.76. The number of nitrogens with zero attached hydrogens (tertiary/aromatic N) is 2. The van der Waals surface area contributed by atoms with E-state index in [0.717, 1.165) is 16.5 Å². The predicted molar refractivity (Wildman–Crippen MR) is 99.0 cm³/mol. The third-order valence-corrected chi connectivity index (χ3v) is 4.20. The average Bonchev–Trinajstić information content (AvgIpc) is 3.22. The highest BCUT2D eigenvalue weighted by Crippen LogP contribution is 2.20. The number of halogens is 1. The van der Waals surface area contributed by atoms with Crippen LogP contribution in [-0.2, 0) is 6.54 Å². The minimum atomic E-state index is -0.220. The molecule has 2 aromatic heterocycles. The second kappa shape index (κ2) is 6.45. The molecule has 0 bridgehead atoms. The summed E-state index contributed by atoms with van der Waals surface area (Å²) >= 11 is 5.99. The molecule has 0 unspecified atom stereocenters. The van der Waals surface area contributed by atoms with Gasteiger partial charge in [0.25, 0.3) is 5.91 Å². The van der Waals surface area contributed by atoms with E-state index >= 15 is 0 Å². The van der Waals surface area contributed by atoms with E-state index in [4.69, 9.17) is 11.6 Å². The molecule has 0 fully saturated rings. The van der Waals surface area contributed by atoms with Gasteiger partial charge in [-0.2, -0.15) is 5.10 Å². The van der Waals surface area contributed by atoms with Gasteiger partial charge in [0.05, 0.1) is 12.7 Å². The van der Waals surface area contributed by atoms with Crippen molar-refractivity contribution in [3.05, 3.63) is 83.1 Å². The van der Waals surface area contributed by atoms with Crippen LogP contribution in [-0.4, -0.2) is 20.7 Å². The summed E-state index contributed by atoms with van der Waals surface area (Å²) in [5.41, 5.74) is 2.42. The number of H-pyrrole nitrogens is 1. The van der Waals surface area contributed by atoms with E-state index in [1.807, 2.05) is 36.4 Å². The van der Waals surface area contributed by atoms with Crippen LogP contribution in [0.1, 0.15) is 16.1 Å². The molecule has 4 rings (SSSR count). The minimum Gasteiger partial charge on any atom is -0.350 e. The van der Waals surface area contributed by atoms with Gasteiger partial charge in [-0.25, -0.2) is 4.68 Å². The summed E-state index contributed by atoms with van der Waals surface area (Å²) in [4.78, 5) is 15.6. The van der Waals surface area contributed by atoms with Gasteiger partial charge >= 0.3 is 0 Å². The topological polar surface area (TPSA) is 62.7 Å². The number of nitrogens with one attached hydrogen (secondary N) is 2. The maximum atomic E-state index is 12.6. The first-order valence-electron chi connectivity index (χ1n) is 7.84. The number of anilines is 1. The van der Waals surface area contributed by atoms with Gasteiger partial charge in [0, 0.05) is 22.0 Å². The van der Waals surface area contributed by atoms with E-state index in [2.05, 4.69) is 15.4 Å². The van der Waals surface area contributed by atoms with Gasteiger partial charge in [-0.15, -0.1) is 0 Å². The largest absolute Gasteiger partial charge is 0.350 e. The van der Waals surface area contributed by atoms with Gasteiger partial charge < -0.3 is 10.3 Å². The van der Waals surface area contributed by atoms with Crippen molar-refractivity contribution in [1.29, 1.82) is 0 Å². The van der Waals surface area contributed by atoms with E-state index in [-0.39, 0.29) is 5.91 Å². The van der Waals surface area contributed by atoms with Crippen LogP contribution in [0, 0.1) is 0 Å². The lowest BCUT2D eigenvalue weighted by molar-refractivity contribution is 0.102. The lowest BCUT2D eigenvalue weighted by atomic mass is 10.2. The first kappa shape index (κ1) is 15.5. The number of amides is 1. The summed E-state index contributed by atoms with van der Waals surface area (Å²) in [6.45, 7) is 0.589. The zero-order valence-electron chi connectivity index (χ0n) is 13.2. The number of aromatic nitrogens is 3. The van der Waals surface area contributed by atoms with Crippen molar-refractivity contribution in [2.75, 3.05) is 5.32 Å². The first-order valence-corrected chi connectivity index (χ1v) is 8.22. The second-order valence-corrected chi connectivity index (χ2v) is 6.16. The van der Waals surface area contributed by atoms with Crippen molar-refractivity contribution in [3.63, 3.8) is 0 Å². The lowest BCUT2D eigenvalue weighted by Gasteiger charge is -2.08. The molecule has 6 heteroatoms. The molecule has 0 saturated heterocycles. The fourth-order valence-electron chi connectivity index (χ4n) is 2.73.